The Balaban J connectivity index is 1.65. The predicted molar refractivity (Wildman–Crippen MR) is 99.4 cm³/mol. The van der Waals surface area contributed by atoms with Crippen molar-refractivity contribution in [3.63, 3.8) is 0 Å². The smallest absolute Gasteiger partial charge is 0.160 e. The van der Waals surface area contributed by atoms with Crippen molar-refractivity contribution in [2.45, 2.75) is 27.3 Å². The first-order valence-corrected chi connectivity index (χ1v) is 8.28. The minimum absolute atomic E-state index is 0.674. The summed E-state index contributed by atoms with van der Waals surface area (Å²) in [4.78, 5) is 8.04. The van der Waals surface area contributed by atoms with Gasteiger partial charge in [-0.15, -0.1) is 0 Å². The quantitative estimate of drug-likeness (QED) is 0.596. The molecule has 25 heavy (non-hydrogen) atoms. The molecule has 0 spiro atoms. The van der Waals surface area contributed by atoms with Gasteiger partial charge in [0.05, 0.1) is 19.3 Å². The molecule has 0 aliphatic heterocycles. The van der Waals surface area contributed by atoms with Gasteiger partial charge in [-0.2, -0.15) is 9.61 Å². The number of aromatic amines is 1. The van der Waals surface area contributed by atoms with E-state index in [0.717, 1.165) is 50.8 Å². The Morgan fingerprint density at radius 1 is 1.16 bits per heavy atom. The first-order valence-electron chi connectivity index (χ1n) is 8.28. The highest BCUT2D eigenvalue weighted by Crippen LogP contribution is 2.23. The lowest BCUT2D eigenvalue weighted by Gasteiger charge is -2.08. The summed E-state index contributed by atoms with van der Waals surface area (Å²) in [5, 5.41) is 9.21. The van der Waals surface area contributed by atoms with E-state index in [1.807, 2.05) is 42.6 Å². The molecule has 0 aliphatic rings. The molecule has 3 heterocycles. The molecule has 1 aromatic carbocycles. The van der Waals surface area contributed by atoms with Crippen LogP contribution in [0.2, 0.25) is 0 Å². The number of hydrogen-bond donors (Lipinski definition) is 2. The number of nitrogens with zero attached hydrogens (tertiary/aromatic N) is 3. The van der Waals surface area contributed by atoms with E-state index in [2.05, 4.69) is 33.4 Å². The van der Waals surface area contributed by atoms with Gasteiger partial charge in [-0.1, -0.05) is 0 Å². The molecule has 0 atom stereocenters. The van der Waals surface area contributed by atoms with E-state index in [4.69, 9.17) is 4.74 Å². The van der Waals surface area contributed by atoms with Gasteiger partial charge >= 0.3 is 0 Å². The van der Waals surface area contributed by atoms with Gasteiger partial charge in [-0.05, 0) is 45.0 Å². The van der Waals surface area contributed by atoms with Crippen LogP contribution in [0.1, 0.15) is 22.6 Å². The normalized spacial score (nSPS) is 11.4. The SMILES string of the molecule is COc1ccc2[nH]c(CNc3cc(C)nc4c(C)c(C)nn34)cc2c1. The minimum Gasteiger partial charge on any atom is -0.497 e. The molecule has 0 fully saturated rings. The van der Waals surface area contributed by atoms with Crippen LogP contribution in [0.3, 0.4) is 0 Å². The van der Waals surface area contributed by atoms with Crippen LogP contribution in [0, 0.1) is 20.8 Å². The molecule has 0 radical (unpaired) electrons. The molecular formula is C19H21N5O. The summed E-state index contributed by atoms with van der Waals surface area (Å²) in [6.45, 7) is 6.74. The second-order valence-corrected chi connectivity index (χ2v) is 6.33. The number of ether oxygens (including phenoxy) is 1. The summed E-state index contributed by atoms with van der Waals surface area (Å²) in [5.74, 6) is 1.80. The van der Waals surface area contributed by atoms with Crippen LogP contribution in [0.15, 0.2) is 30.3 Å². The van der Waals surface area contributed by atoms with E-state index < -0.39 is 0 Å². The Morgan fingerprint density at radius 2 is 2.00 bits per heavy atom. The number of aromatic nitrogens is 4. The molecule has 0 unspecified atom stereocenters. The molecule has 0 bridgehead atoms. The molecule has 4 rings (SSSR count). The number of anilines is 1. The van der Waals surface area contributed by atoms with E-state index >= 15 is 0 Å². The van der Waals surface area contributed by atoms with Crippen molar-refractivity contribution >= 4 is 22.4 Å². The van der Waals surface area contributed by atoms with Crippen molar-refractivity contribution in [2.24, 2.45) is 0 Å². The molecule has 128 valence electrons. The molecule has 0 saturated carbocycles. The average Bonchev–Trinajstić information content (AvgIpc) is 3.14. The lowest BCUT2D eigenvalue weighted by molar-refractivity contribution is 0.415. The number of hydrogen-bond acceptors (Lipinski definition) is 4. The van der Waals surface area contributed by atoms with Gasteiger partial charge in [0.15, 0.2) is 5.65 Å². The first kappa shape index (κ1) is 15.5. The maximum absolute atomic E-state index is 5.29. The Labute approximate surface area is 145 Å². The lowest BCUT2D eigenvalue weighted by atomic mass is 10.2. The maximum Gasteiger partial charge on any atom is 0.160 e. The number of nitrogens with one attached hydrogen (secondary N) is 2. The third-order valence-electron chi connectivity index (χ3n) is 4.53. The molecule has 0 aliphatic carbocycles. The highest BCUT2D eigenvalue weighted by atomic mass is 16.5. The average molecular weight is 335 g/mol. The molecular weight excluding hydrogens is 314 g/mol. The minimum atomic E-state index is 0.674. The van der Waals surface area contributed by atoms with Crippen LogP contribution >= 0.6 is 0 Å². The van der Waals surface area contributed by atoms with Gasteiger partial charge in [-0.3, -0.25) is 0 Å². The number of fused-ring (bicyclic) bond motifs is 2. The maximum atomic E-state index is 5.29. The molecule has 3 aromatic heterocycles. The largest absolute Gasteiger partial charge is 0.497 e. The Kier molecular flexibility index (Phi) is 3.60. The summed E-state index contributed by atoms with van der Waals surface area (Å²) in [7, 11) is 1.68. The zero-order valence-corrected chi connectivity index (χ0v) is 14.8. The van der Waals surface area contributed by atoms with Crippen molar-refractivity contribution in [3.8, 4) is 5.75 Å². The van der Waals surface area contributed by atoms with Crippen molar-refractivity contribution in [1.29, 1.82) is 0 Å². The zero-order valence-electron chi connectivity index (χ0n) is 14.8. The number of rotatable bonds is 4. The molecule has 6 heteroatoms. The van der Waals surface area contributed by atoms with Crippen LogP contribution in [0.4, 0.5) is 5.82 Å². The lowest BCUT2D eigenvalue weighted by Crippen LogP contribution is -2.07. The predicted octanol–water partition coefficient (Wildman–Crippen LogP) is 3.76. The van der Waals surface area contributed by atoms with E-state index in [1.165, 1.54) is 0 Å². The van der Waals surface area contributed by atoms with Crippen LogP contribution in [-0.2, 0) is 6.54 Å². The summed E-state index contributed by atoms with van der Waals surface area (Å²) < 4.78 is 7.17. The van der Waals surface area contributed by atoms with Crippen molar-refractivity contribution in [1.82, 2.24) is 19.6 Å². The first-order chi connectivity index (χ1) is 12.0. The second-order valence-electron chi connectivity index (χ2n) is 6.33. The molecule has 2 N–H and O–H groups in total. The molecule has 0 amide bonds. The Morgan fingerprint density at radius 3 is 2.80 bits per heavy atom. The van der Waals surface area contributed by atoms with Crippen LogP contribution in [0.25, 0.3) is 16.6 Å². The zero-order chi connectivity index (χ0) is 17.6. The van der Waals surface area contributed by atoms with Crippen molar-refractivity contribution in [3.05, 3.63) is 53.0 Å². The second kappa shape index (κ2) is 5.81. The monoisotopic (exact) mass is 335 g/mol. The summed E-state index contributed by atoms with van der Waals surface area (Å²) in [6.07, 6.45) is 0. The van der Waals surface area contributed by atoms with Crippen molar-refractivity contribution < 1.29 is 4.74 Å². The number of aryl methyl sites for hydroxylation is 3. The molecule has 0 saturated heterocycles. The fraction of sp³-hybridized carbons (Fsp3) is 0.263. The molecule has 4 aromatic rings. The van der Waals surface area contributed by atoms with Gasteiger partial charge in [0, 0.05) is 33.9 Å². The topological polar surface area (TPSA) is 67.2 Å². The third kappa shape index (κ3) is 2.69. The highest BCUT2D eigenvalue weighted by Gasteiger charge is 2.11. The van der Waals surface area contributed by atoms with Crippen LogP contribution in [-0.4, -0.2) is 26.7 Å². The Hall–Kier alpha value is -3.02. The number of benzene rings is 1. The van der Waals surface area contributed by atoms with E-state index in [9.17, 15) is 0 Å². The number of H-pyrrole nitrogens is 1. The summed E-state index contributed by atoms with van der Waals surface area (Å²) in [5.41, 5.74) is 6.19. The standard InChI is InChI=1S/C19H21N5O/c1-11-7-18(24-19(21-11)12(2)13(3)23-24)20-10-15-8-14-9-16(25-4)5-6-17(14)22-15/h5-9,20,22H,10H2,1-4H3. The van der Waals surface area contributed by atoms with Crippen molar-refractivity contribution in [2.75, 3.05) is 12.4 Å². The van der Waals surface area contributed by atoms with Crippen LogP contribution < -0.4 is 10.1 Å². The number of methoxy groups -OCH3 is 1. The summed E-state index contributed by atoms with van der Waals surface area (Å²) in [6, 6.07) is 10.2. The van der Waals surface area contributed by atoms with E-state index in [0.29, 0.717) is 6.54 Å². The Bertz CT molecular complexity index is 1080. The fourth-order valence-corrected chi connectivity index (χ4v) is 3.06. The third-order valence-corrected chi connectivity index (χ3v) is 4.53. The summed E-state index contributed by atoms with van der Waals surface area (Å²) >= 11 is 0. The van der Waals surface area contributed by atoms with Gasteiger partial charge in [-0.25, -0.2) is 4.98 Å². The molecule has 6 nitrogen and oxygen atoms in total. The van der Waals surface area contributed by atoms with Gasteiger partial charge in [0.2, 0.25) is 0 Å². The highest BCUT2D eigenvalue weighted by molar-refractivity contribution is 5.82. The van der Waals surface area contributed by atoms with E-state index in [1.54, 1.807) is 7.11 Å². The fourth-order valence-electron chi connectivity index (χ4n) is 3.06. The van der Waals surface area contributed by atoms with E-state index in [-0.39, 0.29) is 0 Å². The van der Waals surface area contributed by atoms with Gasteiger partial charge in [0.25, 0.3) is 0 Å². The van der Waals surface area contributed by atoms with Crippen LogP contribution in [0.5, 0.6) is 5.75 Å². The van der Waals surface area contributed by atoms with Gasteiger partial charge in [0.1, 0.15) is 11.6 Å². The van der Waals surface area contributed by atoms with Gasteiger partial charge < -0.3 is 15.0 Å².